The van der Waals surface area contributed by atoms with Gasteiger partial charge in [-0.1, -0.05) is 0 Å². The van der Waals surface area contributed by atoms with E-state index >= 15 is 0 Å². The molecule has 1 aliphatic rings. The van der Waals surface area contributed by atoms with Gasteiger partial charge in [0, 0.05) is 31.1 Å². The summed E-state index contributed by atoms with van der Waals surface area (Å²) in [6.07, 6.45) is 0. The third-order valence-corrected chi connectivity index (χ3v) is 2.82. The van der Waals surface area contributed by atoms with Gasteiger partial charge in [0.2, 0.25) is 0 Å². The number of hydrogen-bond donors (Lipinski definition) is 1. The predicted octanol–water partition coefficient (Wildman–Crippen LogP) is 0.412. The second-order valence-corrected chi connectivity index (χ2v) is 4.20. The van der Waals surface area contributed by atoms with Crippen LogP contribution in [0.4, 0.5) is 0 Å². The molecule has 1 aliphatic heterocycles. The zero-order valence-corrected chi connectivity index (χ0v) is 8.44. The second-order valence-electron chi connectivity index (χ2n) is 2.98. The molecule has 0 amide bonds. The molecule has 1 fully saturated rings. The third-order valence-electron chi connectivity index (χ3n) is 1.88. The first kappa shape index (κ1) is 9.86. The zero-order chi connectivity index (χ0) is 8.81. The summed E-state index contributed by atoms with van der Waals surface area (Å²) in [6.45, 7) is 6.18. The van der Waals surface area contributed by atoms with Gasteiger partial charge in [0.1, 0.15) is 0 Å². The summed E-state index contributed by atoms with van der Waals surface area (Å²) < 4.78 is 0. The molecule has 0 aromatic rings. The van der Waals surface area contributed by atoms with Crippen molar-refractivity contribution in [1.82, 2.24) is 4.90 Å². The second kappa shape index (κ2) is 5.43. The maximum absolute atomic E-state index is 5.44. The molecule has 0 spiro atoms. The van der Waals surface area contributed by atoms with Gasteiger partial charge >= 0.3 is 0 Å². The molecule has 0 saturated carbocycles. The highest BCUT2D eigenvalue weighted by atomic mass is 32.2. The average Bonchev–Trinajstić information content (AvgIpc) is 2.05. The van der Waals surface area contributed by atoms with Crippen molar-refractivity contribution in [2.45, 2.75) is 6.92 Å². The fourth-order valence-corrected chi connectivity index (χ4v) is 2.17. The van der Waals surface area contributed by atoms with Crippen LogP contribution in [-0.4, -0.2) is 48.4 Å². The van der Waals surface area contributed by atoms with Gasteiger partial charge < -0.3 is 5.73 Å². The summed E-state index contributed by atoms with van der Waals surface area (Å²) >= 11 is 2.04. The van der Waals surface area contributed by atoms with Crippen molar-refractivity contribution >= 4 is 17.6 Å². The molecule has 0 atom stereocenters. The summed E-state index contributed by atoms with van der Waals surface area (Å²) in [5.74, 6) is 3.23. The normalized spacial score (nSPS) is 21.2. The van der Waals surface area contributed by atoms with Gasteiger partial charge in [-0.2, -0.15) is 11.8 Å². The molecule has 0 radical (unpaired) electrons. The standard InChI is InChI=1S/C8H17N3S/c1-8(9)10-2-3-11-4-6-12-7-5-11/h2-7H2,1H3,(H2,9,10). The molecule has 12 heavy (non-hydrogen) atoms. The Labute approximate surface area is 78.4 Å². The minimum atomic E-state index is 0.696. The van der Waals surface area contributed by atoms with E-state index in [1.165, 1.54) is 24.6 Å². The number of rotatable bonds is 3. The van der Waals surface area contributed by atoms with Crippen LogP contribution < -0.4 is 5.73 Å². The molecule has 4 heteroatoms. The van der Waals surface area contributed by atoms with E-state index in [1.807, 2.05) is 18.7 Å². The van der Waals surface area contributed by atoms with E-state index in [4.69, 9.17) is 5.73 Å². The lowest BCUT2D eigenvalue weighted by Gasteiger charge is -2.25. The maximum atomic E-state index is 5.44. The number of nitrogens with two attached hydrogens (primary N) is 1. The Balaban J connectivity index is 2.09. The van der Waals surface area contributed by atoms with Crippen LogP contribution in [0.2, 0.25) is 0 Å². The van der Waals surface area contributed by atoms with Gasteiger partial charge in [-0.05, 0) is 6.92 Å². The summed E-state index contributed by atoms with van der Waals surface area (Å²) in [5.41, 5.74) is 5.44. The smallest absolute Gasteiger partial charge is 0.0906 e. The SMILES string of the molecule is CC(N)=NCCN1CCSCC1. The van der Waals surface area contributed by atoms with E-state index in [1.54, 1.807) is 0 Å². The number of aliphatic imine (C=N–C) groups is 1. The largest absolute Gasteiger partial charge is 0.388 e. The topological polar surface area (TPSA) is 41.6 Å². The first-order valence-electron chi connectivity index (χ1n) is 4.35. The molecule has 0 aromatic heterocycles. The van der Waals surface area contributed by atoms with E-state index < -0.39 is 0 Å². The molecular weight excluding hydrogens is 170 g/mol. The Morgan fingerprint density at radius 3 is 2.75 bits per heavy atom. The summed E-state index contributed by atoms with van der Waals surface area (Å²) in [6, 6.07) is 0. The van der Waals surface area contributed by atoms with Gasteiger partial charge in [0.05, 0.1) is 12.4 Å². The monoisotopic (exact) mass is 187 g/mol. The van der Waals surface area contributed by atoms with E-state index in [0.29, 0.717) is 5.84 Å². The predicted molar refractivity (Wildman–Crippen MR) is 55.9 cm³/mol. The van der Waals surface area contributed by atoms with Crippen LogP contribution in [0.15, 0.2) is 4.99 Å². The highest BCUT2D eigenvalue weighted by Gasteiger charge is 2.08. The van der Waals surface area contributed by atoms with Crippen molar-refractivity contribution in [2.24, 2.45) is 10.7 Å². The van der Waals surface area contributed by atoms with Crippen LogP contribution in [0.3, 0.4) is 0 Å². The summed E-state index contributed by atoms with van der Waals surface area (Å²) in [5, 5.41) is 0. The Morgan fingerprint density at radius 2 is 2.17 bits per heavy atom. The van der Waals surface area contributed by atoms with E-state index in [2.05, 4.69) is 9.89 Å². The first-order valence-corrected chi connectivity index (χ1v) is 5.51. The number of nitrogens with zero attached hydrogens (tertiary/aromatic N) is 2. The molecule has 3 nitrogen and oxygen atoms in total. The molecule has 0 aromatic carbocycles. The van der Waals surface area contributed by atoms with Crippen LogP contribution >= 0.6 is 11.8 Å². The fraction of sp³-hybridized carbons (Fsp3) is 0.875. The molecule has 0 unspecified atom stereocenters. The van der Waals surface area contributed by atoms with E-state index in [-0.39, 0.29) is 0 Å². The molecule has 0 aliphatic carbocycles. The van der Waals surface area contributed by atoms with Crippen molar-refractivity contribution in [1.29, 1.82) is 0 Å². The lowest BCUT2D eigenvalue weighted by atomic mass is 10.4. The maximum Gasteiger partial charge on any atom is 0.0906 e. The Bertz CT molecular complexity index is 148. The summed E-state index contributed by atoms with van der Waals surface area (Å²) in [7, 11) is 0. The molecule has 1 heterocycles. The fourth-order valence-electron chi connectivity index (χ4n) is 1.19. The molecule has 1 rings (SSSR count). The lowest BCUT2D eigenvalue weighted by Crippen LogP contribution is -2.34. The van der Waals surface area contributed by atoms with Crippen LogP contribution in [0.1, 0.15) is 6.92 Å². The minimum Gasteiger partial charge on any atom is -0.388 e. The van der Waals surface area contributed by atoms with Crippen LogP contribution in [-0.2, 0) is 0 Å². The minimum absolute atomic E-state index is 0.696. The molecule has 0 bridgehead atoms. The zero-order valence-electron chi connectivity index (χ0n) is 7.62. The molecule has 1 saturated heterocycles. The third kappa shape index (κ3) is 3.97. The van der Waals surface area contributed by atoms with Crippen molar-refractivity contribution < 1.29 is 0 Å². The Kier molecular flexibility index (Phi) is 4.46. The summed E-state index contributed by atoms with van der Waals surface area (Å²) in [4.78, 5) is 6.61. The van der Waals surface area contributed by atoms with Crippen molar-refractivity contribution in [3.8, 4) is 0 Å². The average molecular weight is 187 g/mol. The van der Waals surface area contributed by atoms with E-state index in [9.17, 15) is 0 Å². The van der Waals surface area contributed by atoms with Crippen LogP contribution in [0.25, 0.3) is 0 Å². The van der Waals surface area contributed by atoms with Crippen LogP contribution in [0.5, 0.6) is 0 Å². The van der Waals surface area contributed by atoms with Crippen molar-refractivity contribution in [3.63, 3.8) is 0 Å². The van der Waals surface area contributed by atoms with Gasteiger partial charge in [-0.3, -0.25) is 9.89 Å². The van der Waals surface area contributed by atoms with Gasteiger partial charge in [0.25, 0.3) is 0 Å². The first-order chi connectivity index (χ1) is 5.79. The van der Waals surface area contributed by atoms with Gasteiger partial charge in [0.15, 0.2) is 0 Å². The van der Waals surface area contributed by atoms with Gasteiger partial charge in [-0.15, -0.1) is 0 Å². The lowest BCUT2D eigenvalue weighted by molar-refractivity contribution is 0.311. The molecule has 2 N–H and O–H groups in total. The highest BCUT2D eigenvalue weighted by Crippen LogP contribution is 2.08. The van der Waals surface area contributed by atoms with Crippen molar-refractivity contribution in [2.75, 3.05) is 37.7 Å². The van der Waals surface area contributed by atoms with Crippen LogP contribution in [0, 0.1) is 0 Å². The number of amidine groups is 1. The quantitative estimate of drug-likeness (QED) is 0.514. The van der Waals surface area contributed by atoms with E-state index in [0.717, 1.165) is 13.1 Å². The Morgan fingerprint density at radius 1 is 1.50 bits per heavy atom. The molecule has 70 valence electrons. The highest BCUT2D eigenvalue weighted by molar-refractivity contribution is 7.99. The number of hydrogen-bond acceptors (Lipinski definition) is 3. The van der Waals surface area contributed by atoms with Crippen molar-refractivity contribution in [3.05, 3.63) is 0 Å². The number of thioether (sulfide) groups is 1. The molecular formula is C8H17N3S. The van der Waals surface area contributed by atoms with Gasteiger partial charge in [-0.25, -0.2) is 0 Å². The Hall–Kier alpha value is -0.220.